The van der Waals surface area contributed by atoms with Crippen LogP contribution < -0.4 is 10.9 Å². The van der Waals surface area contributed by atoms with Gasteiger partial charge in [-0.15, -0.1) is 0 Å². The van der Waals surface area contributed by atoms with Crippen molar-refractivity contribution in [1.82, 2.24) is 0 Å². The fourth-order valence-corrected chi connectivity index (χ4v) is 2.09. The molecule has 0 amide bonds. The van der Waals surface area contributed by atoms with Crippen molar-refractivity contribution in [2.45, 2.75) is 38.9 Å². The van der Waals surface area contributed by atoms with Crippen LogP contribution in [0.25, 0.3) is 0 Å². The molecular formula is C16H16BN5O2. The summed E-state index contributed by atoms with van der Waals surface area (Å²) >= 11 is 0. The molecule has 0 aliphatic carbocycles. The standard InChI is InChI=1S/C16H16BN5O2/c1-15(2)16(3,4)24-17(23-15)12-5-11(8-18)6-13(7-12)21-22-14(9-19)10-20/h5-7,21H,1-4H3. The van der Waals surface area contributed by atoms with E-state index in [2.05, 4.69) is 16.6 Å². The Labute approximate surface area is 141 Å². The Hall–Kier alpha value is -2.86. The number of nitrogens with one attached hydrogen (secondary N) is 1. The van der Waals surface area contributed by atoms with Gasteiger partial charge in [0.25, 0.3) is 0 Å². The SMILES string of the molecule is CC1(C)OB(c2cc(C#N)cc(NN=C(C#N)C#N)c2)OC1(C)C. The summed E-state index contributed by atoms with van der Waals surface area (Å²) in [6.07, 6.45) is 0. The van der Waals surface area contributed by atoms with E-state index < -0.39 is 18.3 Å². The Morgan fingerprint density at radius 1 is 1.04 bits per heavy atom. The largest absolute Gasteiger partial charge is 0.494 e. The van der Waals surface area contributed by atoms with Crippen LogP contribution in [0.3, 0.4) is 0 Å². The molecule has 1 aromatic rings. The van der Waals surface area contributed by atoms with Gasteiger partial charge in [-0.05, 0) is 51.4 Å². The van der Waals surface area contributed by atoms with Gasteiger partial charge in [-0.3, -0.25) is 5.43 Å². The molecule has 1 N–H and O–H groups in total. The molecule has 1 fully saturated rings. The van der Waals surface area contributed by atoms with Gasteiger partial charge in [0.2, 0.25) is 5.71 Å². The number of hydrogen-bond acceptors (Lipinski definition) is 7. The number of anilines is 1. The quantitative estimate of drug-likeness (QED) is 0.514. The van der Waals surface area contributed by atoms with Crippen LogP contribution in [0.15, 0.2) is 23.3 Å². The molecule has 0 aromatic heterocycles. The normalized spacial score (nSPS) is 17.3. The minimum absolute atomic E-state index is 0.311. The van der Waals surface area contributed by atoms with Gasteiger partial charge < -0.3 is 9.31 Å². The third-order valence-electron chi connectivity index (χ3n) is 4.12. The maximum absolute atomic E-state index is 9.20. The highest BCUT2D eigenvalue weighted by Crippen LogP contribution is 2.36. The van der Waals surface area contributed by atoms with Crippen LogP contribution in [0, 0.1) is 34.0 Å². The first kappa shape index (κ1) is 17.5. The van der Waals surface area contributed by atoms with E-state index >= 15 is 0 Å². The van der Waals surface area contributed by atoms with E-state index in [1.54, 1.807) is 30.3 Å². The number of hydrazone groups is 1. The molecule has 1 aliphatic rings. The zero-order chi connectivity index (χ0) is 18.0. The van der Waals surface area contributed by atoms with Crippen molar-refractivity contribution in [2.75, 3.05) is 5.43 Å². The van der Waals surface area contributed by atoms with Gasteiger partial charge in [-0.1, -0.05) is 0 Å². The van der Waals surface area contributed by atoms with Crippen molar-refractivity contribution >= 4 is 24.0 Å². The number of rotatable bonds is 3. The van der Waals surface area contributed by atoms with Crippen molar-refractivity contribution in [3.8, 4) is 18.2 Å². The fraction of sp³-hybridized carbons (Fsp3) is 0.375. The monoisotopic (exact) mass is 321 g/mol. The van der Waals surface area contributed by atoms with Crippen molar-refractivity contribution in [2.24, 2.45) is 5.10 Å². The maximum atomic E-state index is 9.20. The molecule has 1 aliphatic heterocycles. The smallest absolute Gasteiger partial charge is 0.399 e. The lowest BCUT2D eigenvalue weighted by molar-refractivity contribution is 0.00578. The van der Waals surface area contributed by atoms with Crippen molar-refractivity contribution in [3.05, 3.63) is 23.8 Å². The molecule has 8 heteroatoms. The Kier molecular flexibility index (Phi) is 4.62. The maximum Gasteiger partial charge on any atom is 0.494 e. The van der Waals surface area contributed by atoms with Gasteiger partial charge in [0.1, 0.15) is 12.1 Å². The van der Waals surface area contributed by atoms with Crippen LogP contribution >= 0.6 is 0 Å². The van der Waals surface area contributed by atoms with Gasteiger partial charge in [0.15, 0.2) is 0 Å². The van der Waals surface area contributed by atoms with E-state index in [4.69, 9.17) is 19.8 Å². The van der Waals surface area contributed by atoms with Crippen molar-refractivity contribution in [1.29, 1.82) is 15.8 Å². The van der Waals surface area contributed by atoms with Gasteiger partial charge in [0.05, 0.1) is 28.5 Å². The summed E-state index contributed by atoms with van der Waals surface area (Å²) in [5.41, 5.74) is 2.80. The van der Waals surface area contributed by atoms with Gasteiger partial charge in [0, 0.05) is 0 Å². The average molecular weight is 321 g/mol. The fourth-order valence-electron chi connectivity index (χ4n) is 2.09. The topological polar surface area (TPSA) is 114 Å². The third kappa shape index (κ3) is 3.39. The molecule has 0 atom stereocenters. The van der Waals surface area contributed by atoms with E-state index in [-0.39, 0.29) is 5.71 Å². The Balaban J connectivity index is 2.35. The number of nitrogens with zero attached hydrogens (tertiary/aromatic N) is 4. The van der Waals surface area contributed by atoms with Gasteiger partial charge in [-0.25, -0.2) is 0 Å². The summed E-state index contributed by atoms with van der Waals surface area (Å²) in [6, 6.07) is 10.3. The zero-order valence-corrected chi connectivity index (χ0v) is 13.9. The molecule has 0 unspecified atom stereocenters. The average Bonchev–Trinajstić information content (AvgIpc) is 2.76. The van der Waals surface area contributed by atoms with Crippen molar-refractivity contribution < 1.29 is 9.31 Å². The van der Waals surface area contributed by atoms with E-state index in [0.717, 1.165) is 0 Å². The van der Waals surface area contributed by atoms with Crippen LogP contribution in [0.2, 0.25) is 0 Å². The molecule has 0 bridgehead atoms. The predicted molar refractivity (Wildman–Crippen MR) is 89.2 cm³/mol. The minimum Gasteiger partial charge on any atom is -0.399 e. The number of hydrogen-bond donors (Lipinski definition) is 1. The molecule has 120 valence electrons. The molecule has 1 aromatic carbocycles. The molecule has 24 heavy (non-hydrogen) atoms. The highest BCUT2D eigenvalue weighted by molar-refractivity contribution is 6.62. The summed E-state index contributed by atoms with van der Waals surface area (Å²) in [6.45, 7) is 7.76. The third-order valence-corrected chi connectivity index (χ3v) is 4.12. The molecular weight excluding hydrogens is 305 g/mol. The first-order valence-corrected chi connectivity index (χ1v) is 7.27. The first-order valence-electron chi connectivity index (χ1n) is 7.27. The second kappa shape index (κ2) is 6.33. The van der Waals surface area contributed by atoms with Gasteiger partial charge in [-0.2, -0.15) is 20.9 Å². The first-order chi connectivity index (χ1) is 11.2. The second-order valence-corrected chi connectivity index (χ2v) is 6.34. The van der Waals surface area contributed by atoms with E-state index in [9.17, 15) is 5.26 Å². The lowest BCUT2D eigenvalue weighted by Gasteiger charge is -2.32. The lowest BCUT2D eigenvalue weighted by atomic mass is 9.78. The predicted octanol–water partition coefficient (Wildman–Crippen LogP) is 1.67. The summed E-state index contributed by atoms with van der Waals surface area (Å²) in [5.74, 6) is 0. The highest BCUT2D eigenvalue weighted by atomic mass is 16.7. The van der Waals surface area contributed by atoms with Crippen molar-refractivity contribution in [3.63, 3.8) is 0 Å². The highest BCUT2D eigenvalue weighted by Gasteiger charge is 2.51. The van der Waals surface area contributed by atoms with Crippen LogP contribution in [0.5, 0.6) is 0 Å². The summed E-state index contributed by atoms with van der Waals surface area (Å²) in [7, 11) is -0.626. The zero-order valence-electron chi connectivity index (χ0n) is 13.9. The molecule has 0 radical (unpaired) electrons. The molecule has 1 heterocycles. The minimum atomic E-state index is -0.626. The Morgan fingerprint density at radius 2 is 1.62 bits per heavy atom. The molecule has 1 saturated heterocycles. The van der Waals surface area contributed by atoms with Crippen LogP contribution in [-0.2, 0) is 9.31 Å². The number of nitriles is 3. The number of benzene rings is 1. The van der Waals surface area contributed by atoms with Crippen LogP contribution in [0.1, 0.15) is 33.3 Å². The molecule has 7 nitrogen and oxygen atoms in total. The van der Waals surface area contributed by atoms with E-state index in [1.807, 2.05) is 27.7 Å². The molecule has 0 saturated carbocycles. The summed E-state index contributed by atoms with van der Waals surface area (Å²) < 4.78 is 11.9. The summed E-state index contributed by atoms with van der Waals surface area (Å²) in [5, 5.41) is 30.3. The van der Waals surface area contributed by atoms with Crippen LogP contribution in [0.4, 0.5) is 5.69 Å². The van der Waals surface area contributed by atoms with Crippen LogP contribution in [-0.4, -0.2) is 24.0 Å². The lowest BCUT2D eigenvalue weighted by Crippen LogP contribution is -2.41. The molecule has 0 spiro atoms. The Bertz CT molecular complexity index is 779. The van der Waals surface area contributed by atoms with E-state index in [0.29, 0.717) is 16.7 Å². The summed E-state index contributed by atoms with van der Waals surface area (Å²) in [4.78, 5) is 0. The Morgan fingerprint density at radius 3 is 2.12 bits per heavy atom. The second-order valence-electron chi connectivity index (χ2n) is 6.34. The van der Waals surface area contributed by atoms with E-state index in [1.165, 1.54) is 0 Å². The molecule has 2 rings (SSSR count). The van der Waals surface area contributed by atoms with Gasteiger partial charge >= 0.3 is 7.12 Å².